The molecule has 0 aliphatic rings. The SMILES string of the molecule is N[C@@H](CS)C(=O)N(C(=O)OCc1ccccc1)[C@@H](Cc1cnc[nH]1)C(=O)C(=O)OCc1ccccc1. The zero-order valence-electron chi connectivity index (χ0n) is 19.3. The van der Waals surface area contributed by atoms with Crippen molar-refractivity contribution >= 4 is 36.4 Å². The Morgan fingerprint density at radius 1 is 0.944 bits per heavy atom. The third-order valence-electron chi connectivity index (χ3n) is 5.15. The Bertz CT molecular complexity index is 1160. The van der Waals surface area contributed by atoms with Gasteiger partial charge in [-0.25, -0.2) is 19.5 Å². The van der Waals surface area contributed by atoms with Crippen molar-refractivity contribution in [2.75, 3.05) is 5.75 Å². The molecule has 2 atom stereocenters. The predicted molar refractivity (Wildman–Crippen MR) is 133 cm³/mol. The van der Waals surface area contributed by atoms with Gasteiger partial charge in [-0.1, -0.05) is 60.7 Å². The fourth-order valence-electron chi connectivity index (χ4n) is 3.25. The summed E-state index contributed by atoms with van der Waals surface area (Å²) in [5, 5.41) is 0. The minimum Gasteiger partial charge on any atom is -0.455 e. The molecule has 0 aliphatic carbocycles. The van der Waals surface area contributed by atoms with E-state index in [0.717, 1.165) is 0 Å². The molecule has 0 aliphatic heterocycles. The number of rotatable bonds is 11. The van der Waals surface area contributed by atoms with E-state index in [0.29, 0.717) is 21.7 Å². The molecular weight excluding hydrogens is 484 g/mol. The van der Waals surface area contributed by atoms with Crippen LogP contribution in [0.4, 0.5) is 4.79 Å². The predicted octanol–water partition coefficient (Wildman–Crippen LogP) is 2.06. The number of hydrogen-bond donors (Lipinski definition) is 3. The number of Topliss-reactive ketones (excluding diaryl/α,β-unsaturated/α-hetero) is 1. The molecule has 3 aromatic rings. The third-order valence-corrected chi connectivity index (χ3v) is 5.54. The molecule has 2 aromatic carbocycles. The van der Waals surface area contributed by atoms with Crippen LogP contribution >= 0.6 is 12.6 Å². The lowest BCUT2D eigenvalue weighted by Crippen LogP contribution is -2.57. The molecule has 2 amide bonds. The number of benzene rings is 2. The number of hydrogen-bond acceptors (Lipinski definition) is 9. The Labute approximate surface area is 213 Å². The lowest BCUT2D eigenvalue weighted by Gasteiger charge is -2.29. The topological polar surface area (TPSA) is 145 Å². The number of aromatic nitrogens is 2. The number of aromatic amines is 1. The van der Waals surface area contributed by atoms with E-state index in [4.69, 9.17) is 15.2 Å². The first-order chi connectivity index (χ1) is 17.4. The third kappa shape index (κ3) is 7.27. The number of imidazole rings is 1. The molecule has 0 unspecified atom stereocenters. The largest absolute Gasteiger partial charge is 0.455 e. The first-order valence-electron chi connectivity index (χ1n) is 11.0. The molecule has 188 valence electrons. The molecule has 10 nitrogen and oxygen atoms in total. The van der Waals surface area contributed by atoms with E-state index >= 15 is 0 Å². The zero-order chi connectivity index (χ0) is 25.9. The van der Waals surface area contributed by atoms with Gasteiger partial charge in [0.25, 0.3) is 5.78 Å². The molecule has 36 heavy (non-hydrogen) atoms. The lowest BCUT2D eigenvalue weighted by molar-refractivity contribution is -0.158. The van der Waals surface area contributed by atoms with Crippen LogP contribution in [0.15, 0.2) is 73.2 Å². The van der Waals surface area contributed by atoms with Crippen molar-refractivity contribution in [3.8, 4) is 0 Å². The van der Waals surface area contributed by atoms with Crippen molar-refractivity contribution in [1.29, 1.82) is 0 Å². The number of nitrogens with two attached hydrogens (primary N) is 1. The number of ether oxygens (including phenoxy) is 2. The van der Waals surface area contributed by atoms with Gasteiger partial charge >= 0.3 is 12.1 Å². The molecule has 0 spiro atoms. The van der Waals surface area contributed by atoms with Gasteiger partial charge in [-0.15, -0.1) is 0 Å². The van der Waals surface area contributed by atoms with Crippen molar-refractivity contribution in [1.82, 2.24) is 14.9 Å². The fraction of sp³-hybridized carbons (Fsp3) is 0.240. The van der Waals surface area contributed by atoms with Crippen LogP contribution in [0, 0.1) is 0 Å². The van der Waals surface area contributed by atoms with Crippen molar-refractivity contribution < 1.29 is 28.7 Å². The van der Waals surface area contributed by atoms with Crippen LogP contribution in [-0.4, -0.2) is 56.5 Å². The highest BCUT2D eigenvalue weighted by Gasteiger charge is 2.41. The van der Waals surface area contributed by atoms with Gasteiger partial charge in [-0.3, -0.25) is 9.59 Å². The van der Waals surface area contributed by atoms with Crippen molar-refractivity contribution in [2.24, 2.45) is 5.73 Å². The lowest BCUT2D eigenvalue weighted by atomic mass is 10.0. The molecule has 0 saturated carbocycles. The quantitative estimate of drug-likeness (QED) is 0.202. The maximum atomic E-state index is 13.3. The Hall–Kier alpha value is -3.96. The standard InChI is InChI=1S/C25H26N4O6S/c26-20(15-36)23(31)29(25(33)35-14-18-9-5-2-6-10-18)21(11-19-12-27-16-28-19)22(30)24(32)34-13-17-7-3-1-4-8-17/h1-10,12,16,20-21,36H,11,13-15,26H2,(H,27,28)/t20-,21-/m0/s1. The number of imide groups is 1. The monoisotopic (exact) mass is 510 g/mol. The van der Waals surface area contributed by atoms with Crippen LogP contribution < -0.4 is 5.73 Å². The molecule has 0 saturated heterocycles. The van der Waals surface area contributed by atoms with Crippen LogP contribution in [0.1, 0.15) is 16.8 Å². The Balaban J connectivity index is 1.86. The highest BCUT2D eigenvalue weighted by atomic mass is 32.1. The van der Waals surface area contributed by atoms with Crippen LogP contribution in [-0.2, 0) is 43.5 Å². The summed E-state index contributed by atoms with van der Waals surface area (Å²) < 4.78 is 10.5. The van der Waals surface area contributed by atoms with Gasteiger partial charge in [0, 0.05) is 24.1 Å². The number of carbonyl (C=O) groups excluding carboxylic acids is 4. The highest BCUT2D eigenvalue weighted by Crippen LogP contribution is 2.15. The minimum absolute atomic E-state index is 0.106. The van der Waals surface area contributed by atoms with E-state index < -0.39 is 35.8 Å². The number of thiol groups is 1. The summed E-state index contributed by atoms with van der Waals surface area (Å²) in [4.78, 5) is 59.5. The van der Waals surface area contributed by atoms with Crippen LogP contribution in [0.3, 0.4) is 0 Å². The normalized spacial score (nSPS) is 12.3. The number of H-pyrrole nitrogens is 1. The van der Waals surface area contributed by atoms with Gasteiger partial charge < -0.3 is 20.2 Å². The van der Waals surface area contributed by atoms with E-state index in [9.17, 15) is 19.2 Å². The Kier molecular flexibility index (Phi) is 9.78. The fourth-order valence-corrected chi connectivity index (χ4v) is 3.41. The first kappa shape index (κ1) is 26.6. The summed E-state index contributed by atoms with van der Waals surface area (Å²) in [6.07, 6.45) is 1.41. The molecule has 11 heteroatoms. The molecule has 3 N–H and O–H groups in total. The Morgan fingerprint density at radius 3 is 2.06 bits per heavy atom. The molecule has 0 bridgehead atoms. The second kappa shape index (κ2) is 13.2. The minimum atomic E-state index is -1.59. The van der Waals surface area contributed by atoms with Gasteiger partial charge in [0.2, 0.25) is 5.91 Å². The molecule has 0 fully saturated rings. The second-order valence-corrected chi connectivity index (χ2v) is 8.13. The van der Waals surface area contributed by atoms with Crippen molar-refractivity contribution in [3.63, 3.8) is 0 Å². The second-order valence-electron chi connectivity index (χ2n) is 7.76. The smallest absolute Gasteiger partial charge is 0.417 e. The number of ketones is 1. The summed E-state index contributed by atoms with van der Waals surface area (Å²) in [6, 6.07) is 14.7. The van der Waals surface area contributed by atoms with Gasteiger partial charge in [-0.05, 0) is 11.1 Å². The number of carbonyl (C=O) groups is 4. The van der Waals surface area contributed by atoms with E-state index in [1.54, 1.807) is 60.7 Å². The summed E-state index contributed by atoms with van der Waals surface area (Å²) in [5.74, 6) is -3.35. The van der Waals surface area contributed by atoms with Crippen molar-refractivity contribution in [2.45, 2.75) is 31.7 Å². The summed E-state index contributed by atoms with van der Waals surface area (Å²) in [7, 11) is 0. The summed E-state index contributed by atoms with van der Waals surface area (Å²) in [5.41, 5.74) is 7.59. The van der Waals surface area contributed by atoms with Crippen LogP contribution in [0.5, 0.6) is 0 Å². The number of nitrogens with zero attached hydrogens (tertiary/aromatic N) is 2. The van der Waals surface area contributed by atoms with Gasteiger partial charge in [0.15, 0.2) is 0 Å². The highest BCUT2D eigenvalue weighted by molar-refractivity contribution is 7.80. The number of nitrogens with one attached hydrogen (secondary N) is 1. The van der Waals surface area contributed by atoms with E-state index in [1.165, 1.54) is 12.5 Å². The summed E-state index contributed by atoms with van der Waals surface area (Å²) >= 11 is 4.03. The van der Waals surface area contributed by atoms with Gasteiger partial charge in [-0.2, -0.15) is 12.6 Å². The summed E-state index contributed by atoms with van der Waals surface area (Å²) in [6.45, 7) is -0.326. The molecule has 0 radical (unpaired) electrons. The van der Waals surface area contributed by atoms with Crippen LogP contribution in [0.25, 0.3) is 0 Å². The molecule has 3 rings (SSSR count). The Morgan fingerprint density at radius 2 is 1.53 bits per heavy atom. The average Bonchev–Trinajstić information content (AvgIpc) is 3.43. The number of amides is 2. The first-order valence-corrected chi connectivity index (χ1v) is 11.7. The average molecular weight is 511 g/mol. The van der Waals surface area contributed by atoms with E-state index in [1.807, 2.05) is 0 Å². The maximum absolute atomic E-state index is 13.3. The van der Waals surface area contributed by atoms with Gasteiger partial charge in [0.1, 0.15) is 19.3 Å². The van der Waals surface area contributed by atoms with Crippen LogP contribution in [0.2, 0.25) is 0 Å². The van der Waals surface area contributed by atoms with Crippen molar-refractivity contribution in [3.05, 3.63) is 90.0 Å². The van der Waals surface area contributed by atoms with E-state index in [2.05, 4.69) is 22.6 Å². The molecule has 1 aromatic heterocycles. The zero-order valence-corrected chi connectivity index (χ0v) is 20.2. The maximum Gasteiger partial charge on any atom is 0.417 e. The number of esters is 1. The van der Waals surface area contributed by atoms with Gasteiger partial charge in [0.05, 0.1) is 12.4 Å². The van der Waals surface area contributed by atoms with E-state index in [-0.39, 0.29) is 25.4 Å². The molecule has 1 heterocycles. The molecular formula is C25H26N4O6S.